The van der Waals surface area contributed by atoms with E-state index in [1.54, 1.807) is 12.1 Å². The van der Waals surface area contributed by atoms with Crippen molar-refractivity contribution in [2.45, 2.75) is 27.1 Å². The van der Waals surface area contributed by atoms with Crippen LogP contribution in [0.4, 0.5) is 0 Å². The van der Waals surface area contributed by atoms with Crippen LogP contribution in [0.25, 0.3) is 0 Å². The van der Waals surface area contributed by atoms with Gasteiger partial charge in [-0.1, -0.05) is 53.2 Å². The van der Waals surface area contributed by atoms with E-state index in [0.717, 1.165) is 16.7 Å². The van der Waals surface area contributed by atoms with Gasteiger partial charge < -0.3 is 9.57 Å². The van der Waals surface area contributed by atoms with Crippen molar-refractivity contribution >= 4 is 11.5 Å². The standard InChI is InChI=1S/C20H21NO3/c1-12-10-13(2)16(14(3)11-12)18-17(20(23-4)24-21-18)19(22)15-8-6-5-7-9-15/h5-11,17,20H,1-4H3/t17-,20+/m1/s1. The zero-order valence-electron chi connectivity index (χ0n) is 14.4. The molecule has 0 unspecified atom stereocenters. The van der Waals surface area contributed by atoms with Crippen molar-refractivity contribution in [1.82, 2.24) is 0 Å². The van der Waals surface area contributed by atoms with Crippen LogP contribution >= 0.6 is 0 Å². The highest BCUT2D eigenvalue weighted by Crippen LogP contribution is 2.30. The van der Waals surface area contributed by atoms with E-state index in [4.69, 9.17) is 9.57 Å². The molecule has 0 saturated carbocycles. The molecule has 0 spiro atoms. The first kappa shape index (κ1) is 16.4. The monoisotopic (exact) mass is 323 g/mol. The summed E-state index contributed by atoms with van der Waals surface area (Å²) in [5.41, 5.74) is 5.59. The average Bonchev–Trinajstić information content (AvgIpc) is 2.97. The van der Waals surface area contributed by atoms with Gasteiger partial charge in [-0.25, -0.2) is 0 Å². The molecule has 1 aliphatic rings. The molecule has 0 N–H and O–H groups in total. The number of ether oxygens (including phenoxy) is 1. The fourth-order valence-corrected chi connectivity index (χ4v) is 3.35. The minimum Gasteiger partial charge on any atom is -0.362 e. The molecule has 0 fully saturated rings. The van der Waals surface area contributed by atoms with Gasteiger partial charge in [0.15, 0.2) is 5.78 Å². The molecule has 3 rings (SSSR count). The van der Waals surface area contributed by atoms with E-state index >= 15 is 0 Å². The second-order valence-corrected chi connectivity index (χ2v) is 6.17. The lowest BCUT2D eigenvalue weighted by Gasteiger charge is -2.19. The predicted molar refractivity (Wildman–Crippen MR) is 93.3 cm³/mol. The number of rotatable bonds is 4. The Balaban J connectivity index is 2.06. The first-order chi connectivity index (χ1) is 11.5. The quantitative estimate of drug-likeness (QED) is 0.804. The summed E-state index contributed by atoms with van der Waals surface area (Å²) in [7, 11) is 1.53. The number of Topliss-reactive ketones (excluding diaryl/α,β-unsaturated/α-hetero) is 1. The van der Waals surface area contributed by atoms with Crippen LogP contribution < -0.4 is 0 Å². The van der Waals surface area contributed by atoms with Crippen LogP contribution in [0.3, 0.4) is 0 Å². The second kappa shape index (κ2) is 6.57. The van der Waals surface area contributed by atoms with E-state index in [0.29, 0.717) is 11.3 Å². The summed E-state index contributed by atoms with van der Waals surface area (Å²) in [4.78, 5) is 18.5. The number of hydrogen-bond donors (Lipinski definition) is 0. The van der Waals surface area contributed by atoms with E-state index in [2.05, 4.69) is 24.2 Å². The molecule has 0 aromatic heterocycles. The maximum absolute atomic E-state index is 13.0. The fraction of sp³-hybridized carbons (Fsp3) is 0.300. The average molecular weight is 323 g/mol. The maximum Gasteiger partial charge on any atom is 0.242 e. The number of benzene rings is 2. The molecule has 4 heteroatoms. The number of aryl methyl sites for hydroxylation is 3. The molecule has 0 radical (unpaired) electrons. The molecule has 0 bridgehead atoms. The Kier molecular flexibility index (Phi) is 4.49. The summed E-state index contributed by atoms with van der Waals surface area (Å²) in [6.45, 7) is 6.12. The van der Waals surface area contributed by atoms with E-state index in [1.807, 2.05) is 32.0 Å². The van der Waals surface area contributed by atoms with Gasteiger partial charge in [-0.05, 0) is 31.9 Å². The molecule has 2 aromatic carbocycles. The highest BCUT2D eigenvalue weighted by molar-refractivity contribution is 6.20. The van der Waals surface area contributed by atoms with Gasteiger partial charge in [0.2, 0.25) is 6.29 Å². The first-order valence-electron chi connectivity index (χ1n) is 7.97. The molecule has 0 saturated heterocycles. The molecule has 124 valence electrons. The minimum absolute atomic E-state index is 0.0434. The summed E-state index contributed by atoms with van der Waals surface area (Å²) in [6.07, 6.45) is -0.701. The summed E-state index contributed by atoms with van der Waals surface area (Å²) in [6, 6.07) is 13.4. The lowest BCUT2D eigenvalue weighted by Crippen LogP contribution is -2.33. The fourth-order valence-electron chi connectivity index (χ4n) is 3.35. The molecule has 0 amide bonds. The van der Waals surface area contributed by atoms with Crippen LogP contribution in [-0.4, -0.2) is 24.9 Å². The van der Waals surface area contributed by atoms with Gasteiger partial charge in [0.05, 0.1) is 0 Å². The van der Waals surface area contributed by atoms with Crippen molar-refractivity contribution < 1.29 is 14.4 Å². The molecule has 1 aliphatic heterocycles. The molecular formula is C20H21NO3. The van der Waals surface area contributed by atoms with E-state index in [-0.39, 0.29) is 5.78 Å². The van der Waals surface area contributed by atoms with Gasteiger partial charge in [0.25, 0.3) is 0 Å². The Morgan fingerprint density at radius 3 is 2.29 bits per heavy atom. The van der Waals surface area contributed by atoms with Crippen molar-refractivity contribution in [3.8, 4) is 0 Å². The van der Waals surface area contributed by atoms with Crippen molar-refractivity contribution in [2.24, 2.45) is 11.1 Å². The molecule has 0 aliphatic carbocycles. The smallest absolute Gasteiger partial charge is 0.242 e. The third-order valence-electron chi connectivity index (χ3n) is 4.33. The SMILES string of the molecule is CO[C@H]1ON=C(c2c(C)cc(C)cc2C)[C@@H]1C(=O)c1ccccc1. The first-order valence-corrected chi connectivity index (χ1v) is 7.97. The van der Waals surface area contributed by atoms with Crippen molar-refractivity contribution in [3.05, 3.63) is 70.3 Å². The zero-order valence-corrected chi connectivity index (χ0v) is 14.4. The number of methoxy groups -OCH3 is 1. The molecule has 24 heavy (non-hydrogen) atoms. The third-order valence-corrected chi connectivity index (χ3v) is 4.33. The van der Waals surface area contributed by atoms with Crippen molar-refractivity contribution in [2.75, 3.05) is 7.11 Å². The minimum atomic E-state index is -0.701. The Labute approximate surface area is 142 Å². The third kappa shape index (κ3) is 2.85. The topological polar surface area (TPSA) is 47.9 Å². The Morgan fingerprint density at radius 2 is 1.71 bits per heavy atom. The number of carbonyl (C=O) groups excluding carboxylic acids is 1. The van der Waals surface area contributed by atoms with Crippen molar-refractivity contribution in [3.63, 3.8) is 0 Å². The highest BCUT2D eigenvalue weighted by Gasteiger charge is 2.42. The summed E-state index contributed by atoms with van der Waals surface area (Å²) in [5.74, 6) is -0.615. The largest absolute Gasteiger partial charge is 0.362 e. The van der Waals surface area contributed by atoms with Gasteiger partial charge in [-0.2, -0.15) is 0 Å². The Morgan fingerprint density at radius 1 is 1.08 bits per heavy atom. The number of carbonyl (C=O) groups is 1. The zero-order chi connectivity index (χ0) is 17.3. The summed E-state index contributed by atoms with van der Waals surface area (Å²) >= 11 is 0. The van der Waals surface area contributed by atoms with Crippen LogP contribution in [0.15, 0.2) is 47.6 Å². The lowest BCUT2D eigenvalue weighted by molar-refractivity contribution is -0.117. The van der Waals surface area contributed by atoms with E-state index in [9.17, 15) is 4.79 Å². The van der Waals surface area contributed by atoms with Crippen LogP contribution in [0.1, 0.15) is 32.6 Å². The van der Waals surface area contributed by atoms with Crippen LogP contribution in [0, 0.1) is 26.7 Å². The summed E-state index contributed by atoms with van der Waals surface area (Å²) in [5, 5.41) is 4.21. The van der Waals surface area contributed by atoms with Gasteiger partial charge in [-0.15, -0.1) is 0 Å². The number of oxime groups is 1. The van der Waals surface area contributed by atoms with E-state index < -0.39 is 12.2 Å². The second-order valence-electron chi connectivity index (χ2n) is 6.17. The number of hydrogen-bond acceptors (Lipinski definition) is 4. The van der Waals surface area contributed by atoms with E-state index in [1.165, 1.54) is 12.7 Å². The molecule has 2 atom stereocenters. The van der Waals surface area contributed by atoms with Gasteiger partial charge in [0.1, 0.15) is 11.6 Å². The summed E-state index contributed by atoms with van der Waals surface area (Å²) < 4.78 is 5.36. The Hall–Kier alpha value is -2.46. The lowest BCUT2D eigenvalue weighted by atomic mass is 9.85. The predicted octanol–water partition coefficient (Wildman–Crippen LogP) is 3.82. The normalized spacial score (nSPS) is 19.8. The van der Waals surface area contributed by atoms with Gasteiger partial charge in [0, 0.05) is 18.2 Å². The number of ketones is 1. The van der Waals surface area contributed by atoms with Crippen LogP contribution in [-0.2, 0) is 9.57 Å². The molecular weight excluding hydrogens is 302 g/mol. The highest BCUT2D eigenvalue weighted by atomic mass is 16.8. The molecule has 2 aromatic rings. The van der Waals surface area contributed by atoms with Crippen molar-refractivity contribution in [1.29, 1.82) is 0 Å². The number of nitrogens with zero attached hydrogens (tertiary/aromatic N) is 1. The van der Waals surface area contributed by atoms with Gasteiger partial charge >= 0.3 is 0 Å². The van der Waals surface area contributed by atoms with Gasteiger partial charge in [-0.3, -0.25) is 4.79 Å². The van der Waals surface area contributed by atoms with Crippen LogP contribution in [0.5, 0.6) is 0 Å². The van der Waals surface area contributed by atoms with Crippen LogP contribution in [0.2, 0.25) is 0 Å². The molecule has 1 heterocycles. The maximum atomic E-state index is 13.0. The Bertz CT molecular complexity index is 773. The molecule has 4 nitrogen and oxygen atoms in total.